The lowest BCUT2D eigenvalue weighted by Crippen LogP contribution is -2.31. The van der Waals surface area contributed by atoms with Crippen LogP contribution in [0, 0.1) is 5.82 Å². The summed E-state index contributed by atoms with van der Waals surface area (Å²) in [5.74, 6) is 0.499. The van der Waals surface area contributed by atoms with Crippen LogP contribution in [0.4, 0.5) is 15.0 Å². The monoisotopic (exact) mass is 329 g/mol. The molecule has 0 aliphatic heterocycles. The number of nitrogens with one attached hydrogen (secondary N) is 3. The number of halogens is 1. The number of fused-ring (bicyclic) bond motifs is 1. The summed E-state index contributed by atoms with van der Waals surface area (Å²) in [6, 6.07) is 6.93. The average molecular weight is 329 g/mol. The number of aromatic nitrogens is 3. The van der Waals surface area contributed by atoms with Gasteiger partial charge in [0.1, 0.15) is 11.6 Å². The molecule has 0 fully saturated rings. The zero-order chi connectivity index (χ0) is 17.1. The van der Waals surface area contributed by atoms with E-state index >= 15 is 0 Å². The number of ether oxygens (including phenoxy) is 1. The fraction of sp³-hybridized carbons (Fsp3) is 0.188. The van der Waals surface area contributed by atoms with Crippen LogP contribution >= 0.6 is 0 Å². The van der Waals surface area contributed by atoms with E-state index in [2.05, 4.69) is 25.8 Å². The van der Waals surface area contributed by atoms with Crippen molar-refractivity contribution in [2.24, 2.45) is 0 Å². The van der Waals surface area contributed by atoms with E-state index in [0.717, 1.165) is 10.9 Å². The molecule has 1 atom stereocenters. The quantitative estimate of drug-likeness (QED) is 0.686. The van der Waals surface area contributed by atoms with Gasteiger partial charge in [-0.05, 0) is 24.6 Å². The van der Waals surface area contributed by atoms with Gasteiger partial charge in [0.05, 0.1) is 24.1 Å². The summed E-state index contributed by atoms with van der Waals surface area (Å²) in [6.45, 7) is 1.81. The predicted molar refractivity (Wildman–Crippen MR) is 87.4 cm³/mol. The van der Waals surface area contributed by atoms with Crippen LogP contribution in [0.15, 0.2) is 36.5 Å². The third-order valence-electron chi connectivity index (χ3n) is 3.56. The molecule has 0 aliphatic carbocycles. The van der Waals surface area contributed by atoms with Crippen LogP contribution in [0.25, 0.3) is 10.9 Å². The van der Waals surface area contributed by atoms with Crippen molar-refractivity contribution in [1.82, 2.24) is 20.5 Å². The molecular formula is C16H16FN5O2. The minimum Gasteiger partial charge on any atom is -0.479 e. The lowest BCUT2D eigenvalue weighted by Gasteiger charge is -2.14. The van der Waals surface area contributed by atoms with E-state index in [4.69, 9.17) is 4.74 Å². The molecule has 0 radical (unpaired) electrons. The van der Waals surface area contributed by atoms with E-state index in [1.165, 1.54) is 19.2 Å². The van der Waals surface area contributed by atoms with Gasteiger partial charge in [0.15, 0.2) is 0 Å². The molecule has 0 spiro atoms. The average Bonchev–Trinajstić information content (AvgIpc) is 2.97. The van der Waals surface area contributed by atoms with Crippen LogP contribution in [0.3, 0.4) is 0 Å². The second-order valence-electron chi connectivity index (χ2n) is 5.22. The second-order valence-corrected chi connectivity index (χ2v) is 5.22. The van der Waals surface area contributed by atoms with Gasteiger partial charge in [-0.15, -0.1) is 5.10 Å². The van der Waals surface area contributed by atoms with Crippen molar-refractivity contribution in [3.05, 3.63) is 47.9 Å². The van der Waals surface area contributed by atoms with Crippen molar-refractivity contribution in [2.45, 2.75) is 13.0 Å². The Bertz CT molecular complexity index is 863. The van der Waals surface area contributed by atoms with Crippen molar-refractivity contribution in [3.63, 3.8) is 0 Å². The number of benzene rings is 1. The number of rotatable bonds is 4. The van der Waals surface area contributed by atoms with Crippen molar-refractivity contribution in [1.29, 1.82) is 0 Å². The van der Waals surface area contributed by atoms with Crippen molar-refractivity contribution < 1.29 is 13.9 Å². The molecule has 3 aromatic rings. The molecule has 3 N–H and O–H groups in total. The molecule has 2 amide bonds. The first kappa shape index (κ1) is 15.7. The molecule has 24 heavy (non-hydrogen) atoms. The van der Waals surface area contributed by atoms with Crippen molar-refractivity contribution >= 4 is 22.8 Å². The van der Waals surface area contributed by atoms with Crippen LogP contribution in [0.2, 0.25) is 0 Å². The SMILES string of the molecule is COc1n[nH]c2cc(NC(=O)NC(C)c3ccc(F)cc3)ncc12. The van der Waals surface area contributed by atoms with Gasteiger partial charge in [0.2, 0.25) is 5.88 Å². The third kappa shape index (κ3) is 3.27. The lowest BCUT2D eigenvalue weighted by atomic mass is 10.1. The van der Waals surface area contributed by atoms with E-state index in [-0.39, 0.29) is 11.9 Å². The summed E-state index contributed by atoms with van der Waals surface area (Å²) in [5.41, 5.74) is 1.50. The normalized spacial score (nSPS) is 12.0. The van der Waals surface area contributed by atoms with Crippen LogP contribution in [-0.2, 0) is 0 Å². The van der Waals surface area contributed by atoms with Crippen molar-refractivity contribution in [3.8, 4) is 5.88 Å². The fourth-order valence-corrected chi connectivity index (χ4v) is 2.30. The Morgan fingerprint density at radius 2 is 2.08 bits per heavy atom. The van der Waals surface area contributed by atoms with Gasteiger partial charge in [0.25, 0.3) is 0 Å². The highest BCUT2D eigenvalue weighted by Gasteiger charge is 2.12. The van der Waals surface area contributed by atoms with Crippen LogP contribution in [0.1, 0.15) is 18.5 Å². The van der Waals surface area contributed by atoms with Gasteiger partial charge < -0.3 is 10.1 Å². The number of nitrogens with zero attached hydrogens (tertiary/aromatic N) is 2. The number of pyridine rings is 1. The van der Waals surface area contributed by atoms with E-state index in [1.807, 2.05) is 6.92 Å². The number of methoxy groups -OCH3 is 1. The summed E-state index contributed by atoms with van der Waals surface area (Å²) < 4.78 is 18.0. The molecule has 124 valence electrons. The zero-order valence-corrected chi connectivity index (χ0v) is 13.1. The number of hydrogen-bond donors (Lipinski definition) is 3. The highest BCUT2D eigenvalue weighted by Crippen LogP contribution is 2.23. The first-order valence-corrected chi connectivity index (χ1v) is 7.28. The number of anilines is 1. The van der Waals surface area contributed by atoms with Gasteiger partial charge in [-0.3, -0.25) is 10.4 Å². The molecule has 8 heteroatoms. The fourth-order valence-electron chi connectivity index (χ4n) is 2.30. The Hall–Kier alpha value is -3.16. The predicted octanol–water partition coefficient (Wildman–Crippen LogP) is 2.99. The minimum atomic E-state index is -0.412. The second kappa shape index (κ2) is 6.53. The molecule has 0 aliphatic rings. The van der Waals surface area contributed by atoms with Crippen molar-refractivity contribution in [2.75, 3.05) is 12.4 Å². The summed E-state index contributed by atoms with van der Waals surface area (Å²) in [6.07, 6.45) is 1.57. The largest absolute Gasteiger partial charge is 0.479 e. The molecule has 0 saturated heterocycles. The highest BCUT2D eigenvalue weighted by molar-refractivity contribution is 5.92. The number of amides is 2. The maximum absolute atomic E-state index is 12.9. The number of carbonyl (C=O) groups is 1. The zero-order valence-electron chi connectivity index (χ0n) is 13.1. The van der Waals surface area contributed by atoms with Gasteiger partial charge >= 0.3 is 6.03 Å². The Morgan fingerprint density at radius 3 is 2.79 bits per heavy atom. The number of H-pyrrole nitrogens is 1. The Kier molecular flexibility index (Phi) is 4.28. The molecule has 0 saturated carbocycles. The van der Waals surface area contributed by atoms with E-state index in [0.29, 0.717) is 17.2 Å². The number of hydrogen-bond acceptors (Lipinski definition) is 4. The minimum absolute atomic E-state index is 0.276. The van der Waals surface area contributed by atoms with Gasteiger partial charge in [-0.25, -0.2) is 14.2 Å². The number of aromatic amines is 1. The molecular weight excluding hydrogens is 313 g/mol. The standard InChI is InChI=1S/C16H16FN5O2/c1-9(10-3-5-11(17)6-4-10)19-16(23)20-14-7-13-12(8-18-14)15(24-2)22-21-13/h3-9H,1-2H3,(H,21,22)(H2,18,19,20,23). The summed E-state index contributed by atoms with van der Waals surface area (Å²) in [7, 11) is 1.52. The first-order valence-electron chi connectivity index (χ1n) is 7.28. The molecule has 7 nitrogen and oxygen atoms in total. The molecule has 1 unspecified atom stereocenters. The summed E-state index contributed by atoms with van der Waals surface area (Å²) in [5, 5.41) is 12.9. The van der Waals surface area contributed by atoms with E-state index in [1.54, 1.807) is 24.4 Å². The van der Waals surface area contributed by atoms with E-state index < -0.39 is 6.03 Å². The molecule has 0 bridgehead atoms. The molecule has 2 heterocycles. The first-order chi connectivity index (χ1) is 11.6. The van der Waals surface area contributed by atoms with E-state index in [9.17, 15) is 9.18 Å². The third-order valence-corrected chi connectivity index (χ3v) is 3.56. The van der Waals surface area contributed by atoms with Gasteiger partial charge in [-0.1, -0.05) is 12.1 Å². The van der Waals surface area contributed by atoms with Gasteiger partial charge in [-0.2, -0.15) is 0 Å². The molecule has 1 aromatic carbocycles. The topological polar surface area (TPSA) is 91.9 Å². The summed E-state index contributed by atoms with van der Waals surface area (Å²) >= 11 is 0. The maximum atomic E-state index is 12.9. The Labute approximate surface area is 137 Å². The molecule has 3 rings (SSSR count). The van der Waals surface area contributed by atoms with Crippen LogP contribution in [0.5, 0.6) is 5.88 Å². The van der Waals surface area contributed by atoms with Crippen LogP contribution in [-0.4, -0.2) is 28.3 Å². The number of carbonyl (C=O) groups excluding carboxylic acids is 1. The van der Waals surface area contributed by atoms with Gasteiger partial charge in [0, 0.05) is 12.3 Å². The Balaban J connectivity index is 1.67. The molecule has 2 aromatic heterocycles. The highest BCUT2D eigenvalue weighted by atomic mass is 19.1. The lowest BCUT2D eigenvalue weighted by molar-refractivity contribution is 0.249. The summed E-state index contributed by atoms with van der Waals surface area (Å²) in [4.78, 5) is 16.2. The Morgan fingerprint density at radius 1 is 1.33 bits per heavy atom. The maximum Gasteiger partial charge on any atom is 0.320 e. The number of urea groups is 1. The smallest absolute Gasteiger partial charge is 0.320 e. The van der Waals surface area contributed by atoms with Crippen LogP contribution < -0.4 is 15.4 Å².